The van der Waals surface area contributed by atoms with Gasteiger partial charge in [-0.15, -0.1) is 0 Å². The highest BCUT2D eigenvalue weighted by Crippen LogP contribution is 2.20. The molecule has 1 rings (SSSR count). The summed E-state index contributed by atoms with van der Waals surface area (Å²) in [5.74, 6) is 0.0604. The molecule has 0 fully saturated rings. The van der Waals surface area contributed by atoms with E-state index in [0.29, 0.717) is 13.0 Å². The summed E-state index contributed by atoms with van der Waals surface area (Å²) in [7, 11) is 0. The summed E-state index contributed by atoms with van der Waals surface area (Å²) in [6.07, 6.45) is 0.523. The highest BCUT2D eigenvalue weighted by Gasteiger charge is 2.31. The van der Waals surface area contributed by atoms with Crippen molar-refractivity contribution >= 4 is 5.91 Å². The Morgan fingerprint density at radius 1 is 1.44 bits per heavy atom. The summed E-state index contributed by atoms with van der Waals surface area (Å²) in [5.41, 5.74) is 0.268. The van der Waals surface area contributed by atoms with Crippen LogP contribution in [-0.4, -0.2) is 12.5 Å². The van der Waals surface area contributed by atoms with Gasteiger partial charge < -0.3 is 5.32 Å². The number of hydrogen-bond donors (Lipinski definition) is 1. The predicted molar refractivity (Wildman–Crippen MR) is 71.9 cm³/mol. The maximum absolute atomic E-state index is 11.9. The van der Waals surface area contributed by atoms with E-state index in [-0.39, 0.29) is 11.8 Å². The fourth-order valence-electron chi connectivity index (χ4n) is 1.63. The van der Waals surface area contributed by atoms with Gasteiger partial charge in [0.1, 0.15) is 5.41 Å². The molecule has 1 amide bonds. The third kappa shape index (κ3) is 3.33. The quantitative estimate of drug-likeness (QED) is 0.866. The number of nitrogens with zero attached hydrogens (tertiary/aromatic N) is 1. The first-order chi connectivity index (χ1) is 8.53. The number of nitriles is 1. The number of benzene rings is 1. The summed E-state index contributed by atoms with van der Waals surface area (Å²) in [6, 6.07) is 12.1. The molecule has 0 aliphatic carbocycles. The Hall–Kier alpha value is -1.82. The van der Waals surface area contributed by atoms with Crippen LogP contribution in [0.25, 0.3) is 0 Å². The number of rotatable bonds is 5. The van der Waals surface area contributed by atoms with Gasteiger partial charge in [-0.25, -0.2) is 0 Å². The van der Waals surface area contributed by atoms with E-state index in [1.165, 1.54) is 5.56 Å². The molecule has 3 nitrogen and oxygen atoms in total. The fourth-order valence-corrected chi connectivity index (χ4v) is 1.63. The number of carbonyl (C=O) groups excluding carboxylic acids is 1. The molecule has 0 aliphatic rings. The normalized spacial score (nSPS) is 15.2. The first-order valence-corrected chi connectivity index (χ1v) is 6.28. The van der Waals surface area contributed by atoms with Gasteiger partial charge in [0.25, 0.3) is 0 Å². The van der Waals surface area contributed by atoms with E-state index in [4.69, 9.17) is 5.26 Å². The highest BCUT2D eigenvalue weighted by atomic mass is 16.2. The molecule has 0 aromatic heterocycles. The van der Waals surface area contributed by atoms with Crippen molar-refractivity contribution in [1.82, 2.24) is 5.32 Å². The lowest BCUT2D eigenvalue weighted by Gasteiger charge is -2.20. The molecule has 2 atom stereocenters. The van der Waals surface area contributed by atoms with Crippen LogP contribution in [0.5, 0.6) is 0 Å². The van der Waals surface area contributed by atoms with Crippen LogP contribution in [0.1, 0.15) is 38.7 Å². The van der Waals surface area contributed by atoms with Crippen LogP contribution in [0, 0.1) is 16.7 Å². The van der Waals surface area contributed by atoms with Gasteiger partial charge in [-0.1, -0.05) is 44.2 Å². The van der Waals surface area contributed by atoms with Crippen LogP contribution in [-0.2, 0) is 4.79 Å². The van der Waals surface area contributed by atoms with Crippen molar-refractivity contribution in [3.8, 4) is 6.07 Å². The Morgan fingerprint density at radius 2 is 2.06 bits per heavy atom. The van der Waals surface area contributed by atoms with Crippen molar-refractivity contribution in [2.45, 2.75) is 33.1 Å². The molecular formula is C15H20N2O. The maximum Gasteiger partial charge on any atom is 0.240 e. The lowest BCUT2D eigenvalue weighted by atomic mass is 9.88. The summed E-state index contributed by atoms with van der Waals surface area (Å²) in [6.45, 7) is 6.14. The molecule has 0 aliphatic heterocycles. The van der Waals surface area contributed by atoms with Gasteiger partial charge in [-0.3, -0.25) is 4.79 Å². The molecule has 0 bridgehead atoms. The molecule has 0 spiro atoms. The lowest BCUT2D eigenvalue weighted by Crippen LogP contribution is -2.39. The SMILES string of the molecule is CCC(C)(C#N)C(=O)NCC(C)c1ccccc1. The zero-order valence-corrected chi connectivity index (χ0v) is 11.2. The maximum atomic E-state index is 11.9. The van der Waals surface area contributed by atoms with Gasteiger partial charge in [0.05, 0.1) is 6.07 Å². The number of nitrogens with one attached hydrogen (secondary N) is 1. The van der Waals surface area contributed by atoms with Crippen LogP contribution in [0.3, 0.4) is 0 Å². The molecule has 96 valence electrons. The molecular weight excluding hydrogens is 224 g/mol. The standard InChI is InChI=1S/C15H20N2O/c1-4-15(3,11-16)14(18)17-10-12(2)13-8-6-5-7-9-13/h5-9,12H,4,10H2,1-3H3,(H,17,18). The molecule has 3 heteroatoms. The summed E-state index contributed by atoms with van der Waals surface area (Å²) < 4.78 is 0. The van der Waals surface area contributed by atoms with Gasteiger partial charge in [-0.2, -0.15) is 5.26 Å². The van der Waals surface area contributed by atoms with E-state index >= 15 is 0 Å². The number of hydrogen-bond acceptors (Lipinski definition) is 2. The zero-order chi connectivity index (χ0) is 13.6. The Morgan fingerprint density at radius 3 is 2.56 bits per heavy atom. The molecule has 0 radical (unpaired) electrons. The molecule has 18 heavy (non-hydrogen) atoms. The van der Waals surface area contributed by atoms with Gasteiger partial charge in [0, 0.05) is 6.54 Å². The van der Waals surface area contributed by atoms with E-state index in [1.54, 1.807) is 6.92 Å². The Labute approximate surface area is 109 Å². The molecule has 0 saturated heterocycles. The fraction of sp³-hybridized carbons (Fsp3) is 0.467. The molecule has 0 heterocycles. The molecule has 1 aromatic carbocycles. The number of amides is 1. The average molecular weight is 244 g/mol. The molecule has 1 N–H and O–H groups in total. The summed E-state index contributed by atoms with van der Waals surface area (Å²) in [4.78, 5) is 11.9. The summed E-state index contributed by atoms with van der Waals surface area (Å²) >= 11 is 0. The minimum atomic E-state index is -0.920. The smallest absolute Gasteiger partial charge is 0.240 e. The second kappa shape index (κ2) is 6.20. The monoisotopic (exact) mass is 244 g/mol. The molecule has 0 saturated carbocycles. The van der Waals surface area contributed by atoms with Crippen molar-refractivity contribution in [1.29, 1.82) is 5.26 Å². The molecule has 2 unspecified atom stereocenters. The summed E-state index contributed by atoms with van der Waals surface area (Å²) in [5, 5.41) is 11.9. The van der Waals surface area contributed by atoms with Crippen LogP contribution in [0.15, 0.2) is 30.3 Å². The van der Waals surface area contributed by atoms with Crippen molar-refractivity contribution in [3.63, 3.8) is 0 Å². The van der Waals surface area contributed by atoms with Crippen molar-refractivity contribution < 1.29 is 4.79 Å². The minimum Gasteiger partial charge on any atom is -0.354 e. The minimum absolute atomic E-state index is 0.185. The largest absolute Gasteiger partial charge is 0.354 e. The second-order valence-corrected chi connectivity index (χ2v) is 4.82. The van der Waals surface area contributed by atoms with Gasteiger partial charge >= 0.3 is 0 Å². The Kier molecular flexibility index (Phi) is 4.91. The van der Waals surface area contributed by atoms with Gasteiger partial charge in [0.2, 0.25) is 5.91 Å². The average Bonchev–Trinajstić information content (AvgIpc) is 2.44. The van der Waals surface area contributed by atoms with Crippen LogP contribution in [0.2, 0.25) is 0 Å². The first kappa shape index (κ1) is 14.2. The van der Waals surface area contributed by atoms with E-state index in [0.717, 1.165) is 0 Å². The Bertz CT molecular complexity index is 436. The predicted octanol–water partition coefficient (Wildman–Crippen LogP) is 2.85. The molecule has 1 aromatic rings. The number of carbonyl (C=O) groups is 1. The van der Waals surface area contributed by atoms with Crippen LogP contribution < -0.4 is 5.32 Å². The topological polar surface area (TPSA) is 52.9 Å². The second-order valence-electron chi connectivity index (χ2n) is 4.82. The van der Waals surface area contributed by atoms with Crippen LogP contribution in [0.4, 0.5) is 0 Å². The van der Waals surface area contributed by atoms with E-state index in [2.05, 4.69) is 18.3 Å². The van der Waals surface area contributed by atoms with Crippen molar-refractivity contribution in [2.24, 2.45) is 5.41 Å². The van der Waals surface area contributed by atoms with Gasteiger partial charge in [-0.05, 0) is 24.8 Å². The van der Waals surface area contributed by atoms with Gasteiger partial charge in [0.15, 0.2) is 0 Å². The van der Waals surface area contributed by atoms with E-state index in [1.807, 2.05) is 37.3 Å². The first-order valence-electron chi connectivity index (χ1n) is 6.28. The zero-order valence-electron chi connectivity index (χ0n) is 11.2. The van der Waals surface area contributed by atoms with Crippen molar-refractivity contribution in [3.05, 3.63) is 35.9 Å². The van der Waals surface area contributed by atoms with E-state index < -0.39 is 5.41 Å². The highest BCUT2D eigenvalue weighted by molar-refractivity contribution is 5.84. The lowest BCUT2D eigenvalue weighted by molar-refractivity contribution is -0.127. The van der Waals surface area contributed by atoms with Crippen LogP contribution >= 0.6 is 0 Å². The third-order valence-electron chi connectivity index (χ3n) is 3.39. The van der Waals surface area contributed by atoms with Crippen molar-refractivity contribution in [2.75, 3.05) is 6.54 Å². The van der Waals surface area contributed by atoms with E-state index in [9.17, 15) is 4.79 Å². The third-order valence-corrected chi connectivity index (χ3v) is 3.39. The Balaban J connectivity index is 2.57.